The molecule has 0 bridgehead atoms. The van der Waals surface area contributed by atoms with E-state index >= 15 is 0 Å². The Labute approximate surface area is 134 Å². The van der Waals surface area contributed by atoms with Gasteiger partial charge in [0.25, 0.3) is 0 Å². The highest BCUT2D eigenvalue weighted by Crippen LogP contribution is 2.24. The maximum Gasteiger partial charge on any atom is 0.164 e. The molecule has 4 nitrogen and oxygen atoms in total. The molecule has 0 aliphatic rings. The van der Waals surface area contributed by atoms with Gasteiger partial charge in [0, 0.05) is 11.1 Å². The fourth-order valence-electron chi connectivity index (χ4n) is 2.60. The normalized spacial score (nSPS) is 10.8. The zero-order valence-corrected chi connectivity index (χ0v) is 12.5. The van der Waals surface area contributed by atoms with Crippen LogP contribution in [0.2, 0.25) is 0 Å². The first kappa shape index (κ1) is 13.5. The first-order valence-corrected chi connectivity index (χ1v) is 7.46. The van der Waals surface area contributed by atoms with Crippen LogP contribution in [0.25, 0.3) is 22.7 Å². The zero-order valence-electron chi connectivity index (χ0n) is 12.5. The molecule has 2 heterocycles. The fourth-order valence-corrected chi connectivity index (χ4v) is 2.60. The van der Waals surface area contributed by atoms with E-state index < -0.39 is 0 Å². The van der Waals surface area contributed by atoms with Crippen LogP contribution in [0.3, 0.4) is 0 Å². The highest BCUT2D eigenvalue weighted by Gasteiger charge is 2.08. The largest absolute Gasteiger partial charge is 0.464 e. The minimum Gasteiger partial charge on any atom is -0.464 e. The third-order valence-corrected chi connectivity index (χ3v) is 3.76. The number of benzene rings is 2. The lowest BCUT2D eigenvalue weighted by Gasteiger charge is -2.07. The van der Waals surface area contributed by atoms with Crippen molar-refractivity contribution in [2.45, 2.75) is 6.54 Å². The molecular weight excluding hydrogens is 286 g/mol. The van der Waals surface area contributed by atoms with E-state index in [4.69, 9.17) is 4.42 Å². The number of hydrogen-bond acceptors (Lipinski definition) is 3. The Morgan fingerprint density at radius 1 is 0.826 bits per heavy atom. The summed E-state index contributed by atoms with van der Waals surface area (Å²) >= 11 is 0. The van der Waals surface area contributed by atoms with Crippen LogP contribution in [0.4, 0.5) is 0 Å². The molecule has 0 aliphatic carbocycles. The van der Waals surface area contributed by atoms with Crippen molar-refractivity contribution in [2.24, 2.45) is 0 Å². The molecule has 0 N–H and O–H groups in total. The van der Waals surface area contributed by atoms with E-state index in [1.807, 2.05) is 54.6 Å². The Hall–Kier alpha value is -3.14. The molecule has 0 spiro atoms. The summed E-state index contributed by atoms with van der Waals surface area (Å²) in [4.78, 5) is 0. The van der Waals surface area contributed by atoms with E-state index in [0.717, 1.165) is 29.3 Å². The average Bonchev–Trinajstić information content (AvgIpc) is 3.28. The van der Waals surface area contributed by atoms with E-state index in [1.54, 1.807) is 12.6 Å². The number of aromatic nitrogens is 3. The summed E-state index contributed by atoms with van der Waals surface area (Å²) in [5, 5.41) is 8.33. The van der Waals surface area contributed by atoms with Gasteiger partial charge < -0.3 is 8.98 Å². The van der Waals surface area contributed by atoms with Gasteiger partial charge >= 0.3 is 0 Å². The van der Waals surface area contributed by atoms with Gasteiger partial charge in [0.2, 0.25) is 0 Å². The maximum absolute atomic E-state index is 5.42. The lowest BCUT2D eigenvalue weighted by molar-refractivity contribution is 0.582. The molecule has 2 aromatic heterocycles. The van der Waals surface area contributed by atoms with Crippen LogP contribution in [-0.2, 0) is 6.54 Å². The molecule has 4 rings (SSSR count). The van der Waals surface area contributed by atoms with Crippen LogP contribution >= 0.6 is 0 Å². The van der Waals surface area contributed by atoms with E-state index in [2.05, 4.69) is 26.9 Å². The molecule has 0 fully saturated rings. The van der Waals surface area contributed by atoms with Gasteiger partial charge in [-0.25, -0.2) is 0 Å². The van der Waals surface area contributed by atoms with Crippen molar-refractivity contribution in [1.29, 1.82) is 0 Å². The summed E-state index contributed by atoms with van der Waals surface area (Å²) in [5.41, 5.74) is 3.31. The summed E-state index contributed by atoms with van der Waals surface area (Å²) in [6.07, 6.45) is 3.45. The summed E-state index contributed by atoms with van der Waals surface area (Å²) in [7, 11) is 0. The van der Waals surface area contributed by atoms with Gasteiger partial charge in [-0.2, -0.15) is 0 Å². The Bertz CT molecular complexity index is 878. The van der Waals surface area contributed by atoms with E-state index in [1.165, 1.54) is 5.56 Å². The second-order valence-corrected chi connectivity index (χ2v) is 5.32. The Morgan fingerprint density at radius 3 is 2.35 bits per heavy atom. The smallest absolute Gasteiger partial charge is 0.164 e. The molecule has 4 heteroatoms. The highest BCUT2D eigenvalue weighted by molar-refractivity contribution is 5.64. The van der Waals surface area contributed by atoms with Crippen LogP contribution in [0, 0.1) is 0 Å². The lowest BCUT2D eigenvalue weighted by atomic mass is 10.1. The molecule has 4 aromatic rings. The molecule has 0 saturated carbocycles. The molecule has 0 saturated heterocycles. The molecular formula is C19H15N3O. The van der Waals surface area contributed by atoms with Crippen molar-refractivity contribution in [3.8, 4) is 22.7 Å². The SMILES string of the molecule is c1ccc(Cn2cnnc2-c2ccc(-c3ccco3)cc2)cc1. The van der Waals surface area contributed by atoms with Crippen molar-refractivity contribution >= 4 is 0 Å². The zero-order chi connectivity index (χ0) is 15.5. The summed E-state index contributed by atoms with van der Waals surface area (Å²) in [6.45, 7) is 0.753. The molecule has 0 unspecified atom stereocenters. The van der Waals surface area contributed by atoms with Crippen LogP contribution in [0.5, 0.6) is 0 Å². The second kappa shape index (κ2) is 5.93. The third kappa shape index (κ3) is 2.79. The fraction of sp³-hybridized carbons (Fsp3) is 0.0526. The summed E-state index contributed by atoms with van der Waals surface area (Å²) in [6, 6.07) is 22.3. The van der Waals surface area contributed by atoms with Gasteiger partial charge in [-0.15, -0.1) is 10.2 Å². The van der Waals surface area contributed by atoms with Crippen LogP contribution < -0.4 is 0 Å². The minimum atomic E-state index is 0.753. The van der Waals surface area contributed by atoms with Crippen LogP contribution in [0.1, 0.15) is 5.56 Å². The molecule has 0 atom stereocenters. The molecule has 0 amide bonds. The Balaban J connectivity index is 1.63. The molecule has 0 radical (unpaired) electrons. The van der Waals surface area contributed by atoms with Crippen LogP contribution in [-0.4, -0.2) is 14.8 Å². The predicted octanol–water partition coefficient (Wildman–Crippen LogP) is 4.25. The van der Waals surface area contributed by atoms with Gasteiger partial charge in [-0.3, -0.25) is 0 Å². The lowest BCUT2D eigenvalue weighted by Crippen LogP contribution is -2.00. The van der Waals surface area contributed by atoms with Gasteiger partial charge in [-0.1, -0.05) is 54.6 Å². The maximum atomic E-state index is 5.42. The van der Waals surface area contributed by atoms with Gasteiger partial charge in [0.15, 0.2) is 5.82 Å². The monoisotopic (exact) mass is 301 g/mol. The van der Waals surface area contributed by atoms with E-state index in [-0.39, 0.29) is 0 Å². The van der Waals surface area contributed by atoms with Crippen LogP contribution in [0.15, 0.2) is 83.7 Å². The molecule has 23 heavy (non-hydrogen) atoms. The topological polar surface area (TPSA) is 43.9 Å². The van der Waals surface area contributed by atoms with Crippen molar-refractivity contribution in [3.63, 3.8) is 0 Å². The number of hydrogen-bond donors (Lipinski definition) is 0. The quantitative estimate of drug-likeness (QED) is 0.566. The standard InChI is InChI=1S/C19H15N3O/c1-2-5-15(6-3-1)13-22-14-20-21-19(22)17-10-8-16(9-11-17)18-7-4-12-23-18/h1-12,14H,13H2. The highest BCUT2D eigenvalue weighted by atomic mass is 16.3. The third-order valence-electron chi connectivity index (χ3n) is 3.76. The van der Waals surface area contributed by atoms with Gasteiger partial charge in [-0.05, 0) is 17.7 Å². The first-order valence-electron chi connectivity index (χ1n) is 7.46. The van der Waals surface area contributed by atoms with E-state index in [9.17, 15) is 0 Å². The molecule has 0 aliphatic heterocycles. The number of furan rings is 1. The van der Waals surface area contributed by atoms with Gasteiger partial charge in [0.1, 0.15) is 12.1 Å². The second-order valence-electron chi connectivity index (χ2n) is 5.32. The number of rotatable bonds is 4. The van der Waals surface area contributed by atoms with Gasteiger partial charge in [0.05, 0.1) is 12.8 Å². The molecule has 112 valence electrons. The van der Waals surface area contributed by atoms with Crippen molar-refractivity contribution in [3.05, 3.63) is 84.9 Å². The summed E-state index contributed by atoms with van der Waals surface area (Å²) in [5.74, 6) is 1.72. The predicted molar refractivity (Wildman–Crippen MR) is 88.7 cm³/mol. The van der Waals surface area contributed by atoms with E-state index in [0.29, 0.717) is 0 Å². The number of nitrogens with zero attached hydrogens (tertiary/aromatic N) is 3. The van der Waals surface area contributed by atoms with Crippen molar-refractivity contribution < 1.29 is 4.42 Å². The molecule has 2 aromatic carbocycles. The average molecular weight is 301 g/mol. The minimum absolute atomic E-state index is 0.753. The Morgan fingerprint density at radius 2 is 1.61 bits per heavy atom. The van der Waals surface area contributed by atoms with Crippen molar-refractivity contribution in [1.82, 2.24) is 14.8 Å². The van der Waals surface area contributed by atoms with Crippen molar-refractivity contribution in [2.75, 3.05) is 0 Å². The Kier molecular flexibility index (Phi) is 3.48. The first-order chi connectivity index (χ1) is 11.4. The summed E-state index contributed by atoms with van der Waals surface area (Å²) < 4.78 is 7.47.